The van der Waals surface area contributed by atoms with Crippen LogP contribution < -0.4 is 10.5 Å². The molecule has 0 amide bonds. The summed E-state index contributed by atoms with van der Waals surface area (Å²) in [5, 5.41) is 5.08. The lowest BCUT2D eigenvalue weighted by Crippen LogP contribution is -2.18. The summed E-state index contributed by atoms with van der Waals surface area (Å²) in [5.74, 6) is 0.525. The third-order valence-corrected chi connectivity index (χ3v) is 3.58. The molecule has 0 saturated heterocycles. The van der Waals surface area contributed by atoms with Gasteiger partial charge in [-0.05, 0) is 31.2 Å². The maximum absolute atomic E-state index is 12.1. The summed E-state index contributed by atoms with van der Waals surface area (Å²) in [5.41, 5.74) is 3.20. The number of nitrogens with zero attached hydrogens (tertiary/aromatic N) is 4. The Balaban J connectivity index is 2.14. The van der Waals surface area contributed by atoms with Crippen LogP contribution in [0.15, 0.2) is 29.1 Å². The zero-order valence-electron chi connectivity index (χ0n) is 13.6. The van der Waals surface area contributed by atoms with Crippen LogP contribution in [0.1, 0.15) is 11.4 Å². The number of aromatic amines is 1. The van der Waals surface area contributed by atoms with Crippen LogP contribution in [0.5, 0.6) is 0 Å². The maximum Gasteiger partial charge on any atom is 0.260 e. The summed E-state index contributed by atoms with van der Waals surface area (Å²) in [6.45, 7) is 2.44. The second-order valence-corrected chi connectivity index (χ2v) is 5.61. The van der Waals surface area contributed by atoms with Crippen molar-refractivity contribution >= 4 is 16.9 Å². The van der Waals surface area contributed by atoms with E-state index in [1.165, 1.54) is 0 Å². The molecule has 0 radical (unpaired) electrons. The largest absolute Gasteiger partial charge is 0.378 e. The fraction of sp³-hybridized carbons (Fsp3) is 0.312. The van der Waals surface area contributed by atoms with Crippen LogP contribution >= 0.6 is 0 Å². The van der Waals surface area contributed by atoms with Gasteiger partial charge in [-0.3, -0.25) is 9.78 Å². The summed E-state index contributed by atoms with van der Waals surface area (Å²) in [6.07, 6.45) is 0. The summed E-state index contributed by atoms with van der Waals surface area (Å²) >= 11 is 0. The number of rotatable bonds is 4. The standard InChI is InChI=1S/C16H19N5O2/c1-10-7-11(9-23-4)19-21(10)12-5-6-13-14(8-12)17-16(20(2)3)18-15(13)22/h5-8H,9H2,1-4H3,(H,17,18,22). The van der Waals surface area contributed by atoms with Crippen molar-refractivity contribution in [1.29, 1.82) is 0 Å². The average Bonchev–Trinajstić information content (AvgIpc) is 2.87. The quantitative estimate of drug-likeness (QED) is 0.792. The topological polar surface area (TPSA) is 76.0 Å². The van der Waals surface area contributed by atoms with Gasteiger partial charge in [0.15, 0.2) is 0 Å². The van der Waals surface area contributed by atoms with Gasteiger partial charge in [0.05, 0.1) is 28.9 Å². The van der Waals surface area contributed by atoms with Crippen molar-refractivity contribution in [3.05, 3.63) is 46.0 Å². The first-order valence-electron chi connectivity index (χ1n) is 7.26. The first kappa shape index (κ1) is 15.2. The molecular weight excluding hydrogens is 294 g/mol. The van der Waals surface area contributed by atoms with Crippen molar-refractivity contribution < 1.29 is 4.74 Å². The smallest absolute Gasteiger partial charge is 0.260 e. The van der Waals surface area contributed by atoms with Gasteiger partial charge in [-0.25, -0.2) is 9.67 Å². The molecule has 1 aromatic carbocycles. The highest BCUT2D eigenvalue weighted by atomic mass is 16.5. The van der Waals surface area contributed by atoms with Gasteiger partial charge in [0.2, 0.25) is 5.95 Å². The van der Waals surface area contributed by atoms with E-state index in [1.54, 1.807) is 18.1 Å². The summed E-state index contributed by atoms with van der Waals surface area (Å²) < 4.78 is 6.95. The number of aromatic nitrogens is 4. The lowest BCUT2D eigenvalue weighted by atomic mass is 10.2. The van der Waals surface area contributed by atoms with Crippen LogP contribution in [0.4, 0.5) is 5.95 Å². The van der Waals surface area contributed by atoms with Gasteiger partial charge in [0.25, 0.3) is 5.56 Å². The Morgan fingerprint density at radius 1 is 1.30 bits per heavy atom. The molecule has 2 aromatic heterocycles. The van der Waals surface area contributed by atoms with Crippen molar-refractivity contribution in [2.24, 2.45) is 0 Å². The summed E-state index contributed by atoms with van der Waals surface area (Å²) in [4.78, 5) is 21.2. The van der Waals surface area contributed by atoms with Crippen molar-refractivity contribution in [2.75, 3.05) is 26.1 Å². The first-order valence-corrected chi connectivity index (χ1v) is 7.26. The van der Waals surface area contributed by atoms with Crippen molar-refractivity contribution in [1.82, 2.24) is 19.7 Å². The van der Waals surface area contributed by atoms with Crippen LogP contribution in [0.3, 0.4) is 0 Å². The molecular formula is C16H19N5O2. The molecule has 0 aliphatic rings. The van der Waals surface area contributed by atoms with Crippen molar-refractivity contribution in [2.45, 2.75) is 13.5 Å². The highest BCUT2D eigenvalue weighted by Gasteiger charge is 2.10. The third-order valence-electron chi connectivity index (χ3n) is 3.58. The van der Waals surface area contributed by atoms with E-state index < -0.39 is 0 Å². The second kappa shape index (κ2) is 5.85. The molecule has 120 valence electrons. The van der Waals surface area contributed by atoms with E-state index in [-0.39, 0.29) is 5.56 Å². The van der Waals surface area contributed by atoms with Gasteiger partial charge in [0.1, 0.15) is 0 Å². The minimum absolute atomic E-state index is 0.150. The van der Waals surface area contributed by atoms with Gasteiger partial charge in [-0.2, -0.15) is 5.10 Å². The van der Waals surface area contributed by atoms with Crippen LogP contribution in [0, 0.1) is 6.92 Å². The Bertz CT molecular complexity index is 910. The average molecular weight is 313 g/mol. The highest BCUT2D eigenvalue weighted by molar-refractivity contribution is 5.80. The molecule has 0 saturated carbocycles. The summed E-state index contributed by atoms with van der Waals surface area (Å²) in [6, 6.07) is 7.48. The molecule has 0 spiro atoms. The Hall–Kier alpha value is -2.67. The normalized spacial score (nSPS) is 11.1. The number of anilines is 1. The Labute approximate surface area is 133 Å². The van der Waals surface area contributed by atoms with E-state index in [0.717, 1.165) is 17.1 Å². The van der Waals surface area contributed by atoms with E-state index in [4.69, 9.17) is 4.74 Å². The number of aryl methyl sites for hydroxylation is 1. The van der Waals surface area contributed by atoms with E-state index in [1.807, 2.05) is 43.9 Å². The van der Waals surface area contributed by atoms with Crippen LogP contribution in [-0.2, 0) is 11.3 Å². The monoisotopic (exact) mass is 313 g/mol. The zero-order chi connectivity index (χ0) is 16.6. The fourth-order valence-corrected chi connectivity index (χ4v) is 2.48. The maximum atomic E-state index is 12.1. The second-order valence-electron chi connectivity index (χ2n) is 5.61. The number of nitrogens with one attached hydrogen (secondary N) is 1. The zero-order valence-corrected chi connectivity index (χ0v) is 13.6. The summed E-state index contributed by atoms with van der Waals surface area (Å²) in [7, 11) is 5.31. The molecule has 2 heterocycles. The van der Waals surface area contributed by atoms with E-state index in [9.17, 15) is 4.79 Å². The number of hydrogen-bond donors (Lipinski definition) is 1. The molecule has 7 nitrogen and oxygen atoms in total. The fourth-order valence-electron chi connectivity index (χ4n) is 2.48. The number of ether oxygens (including phenoxy) is 1. The number of hydrogen-bond acceptors (Lipinski definition) is 5. The van der Waals surface area contributed by atoms with E-state index >= 15 is 0 Å². The van der Waals surface area contributed by atoms with E-state index in [2.05, 4.69) is 15.1 Å². The molecule has 0 atom stereocenters. The minimum atomic E-state index is -0.150. The Morgan fingerprint density at radius 2 is 2.09 bits per heavy atom. The lowest BCUT2D eigenvalue weighted by molar-refractivity contribution is 0.181. The molecule has 23 heavy (non-hydrogen) atoms. The third kappa shape index (κ3) is 2.83. The molecule has 1 N–H and O–H groups in total. The predicted molar refractivity (Wildman–Crippen MR) is 89.3 cm³/mol. The molecule has 3 aromatic rings. The molecule has 0 fully saturated rings. The number of H-pyrrole nitrogens is 1. The molecule has 0 aliphatic heterocycles. The Kier molecular flexibility index (Phi) is 3.87. The van der Waals surface area contributed by atoms with Gasteiger partial charge in [-0.1, -0.05) is 0 Å². The van der Waals surface area contributed by atoms with Crippen LogP contribution in [0.25, 0.3) is 16.6 Å². The lowest BCUT2D eigenvalue weighted by Gasteiger charge is -2.11. The predicted octanol–water partition coefficient (Wildman–Crippen LogP) is 1.63. The van der Waals surface area contributed by atoms with Crippen LogP contribution in [-0.4, -0.2) is 41.0 Å². The molecule has 3 rings (SSSR count). The molecule has 7 heteroatoms. The SMILES string of the molecule is COCc1cc(C)n(-c2ccc3c(=O)[nH]c(N(C)C)nc3c2)n1. The number of benzene rings is 1. The van der Waals surface area contributed by atoms with Gasteiger partial charge < -0.3 is 9.64 Å². The van der Waals surface area contributed by atoms with Crippen molar-refractivity contribution in [3.63, 3.8) is 0 Å². The molecule has 0 aliphatic carbocycles. The first-order chi connectivity index (χ1) is 11.0. The number of methoxy groups -OCH3 is 1. The Morgan fingerprint density at radius 3 is 2.78 bits per heavy atom. The highest BCUT2D eigenvalue weighted by Crippen LogP contribution is 2.18. The number of fused-ring (bicyclic) bond motifs is 1. The van der Waals surface area contributed by atoms with Crippen LogP contribution in [0.2, 0.25) is 0 Å². The van der Waals surface area contributed by atoms with E-state index in [0.29, 0.717) is 23.5 Å². The van der Waals surface area contributed by atoms with Gasteiger partial charge >= 0.3 is 0 Å². The van der Waals surface area contributed by atoms with Gasteiger partial charge in [-0.15, -0.1) is 0 Å². The molecule has 0 bridgehead atoms. The minimum Gasteiger partial charge on any atom is -0.378 e. The molecule has 0 unspecified atom stereocenters. The van der Waals surface area contributed by atoms with Gasteiger partial charge in [0, 0.05) is 26.9 Å². The van der Waals surface area contributed by atoms with Crippen molar-refractivity contribution in [3.8, 4) is 5.69 Å².